The van der Waals surface area contributed by atoms with Gasteiger partial charge in [0, 0.05) is 23.7 Å². The summed E-state index contributed by atoms with van der Waals surface area (Å²) in [5, 5.41) is 4.19. The lowest BCUT2D eigenvalue weighted by molar-refractivity contribution is 0.623. The fourth-order valence-corrected chi connectivity index (χ4v) is 2.55. The van der Waals surface area contributed by atoms with Crippen molar-refractivity contribution in [1.82, 2.24) is 5.32 Å². The first-order valence-corrected chi connectivity index (χ1v) is 7.37. The number of rotatable bonds is 4. The van der Waals surface area contributed by atoms with Crippen molar-refractivity contribution < 1.29 is 4.39 Å². The van der Waals surface area contributed by atoms with Crippen LogP contribution in [0.5, 0.6) is 0 Å². The topological polar surface area (TPSA) is 12.0 Å². The average molecular weight is 310 g/mol. The van der Waals surface area contributed by atoms with Gasteiger partial charge in [-0.25, -0.2) is 4.39 Å². The van der Waals surface area contributed by atoms with E-state index < -0.39 is 0 Å². The van der Waals surface area contributed by atoms with Crippen molar-refractivity contribution in [3.05, 3.63) is 57.8 Å². The molecule has 0 aromatic heterocycles. The zero-order valence-corrected chi connectivity index (χ0v) is 12.3. The van der Waals surface area contributed by atoms with Crippen LogP contribution in [0, 0.1) is 5.82 Å². The molecule has 0 unspecified atom stereocenters. The van der Waals surface area contributed by atoms with E-state index >= 15 is 0 Å². The van der Waals surface area contributed by atoms with E-state index in [0.717, 1.165) is 5.56 Å². The third-order valence-electron chi connectivity index (χ3n) is 3.45. The zero-order valence-electron chi connectivity index (χ0n) is 10.8. The van der Waals surface area contributed by atoms with Crippen LogP contribution < -0.4 is 5.32 Å². The van der Waals surface area contributed by atoms with Crippen LogP contribution in [-0.4, -0.2) is 6.04 Å². The molecule has 4 heteroatoms. The molecule has 1 aliphatic rings. The largest absolute Gasteiger partial charge is 0.310 e. The van der Waals surface area contributed by atoms with Crippen LogP contribution in [0.1, 0.15) is 18.4 Å². The molecule has 1 fully saturated rings. The highest BCUT2D eigenvalue weighted by Gasteiger charge is 2.20. The maximum atomic E-state index is 14.3. The van der Waals surface area contributed by atoms with E-state index in [4.69, 9.17) is 23.2 Å². The lowest BCUT2D eigenvalue weighted by Gasteiger charge is -2.09. The van der Waals surface area contributed by atoms with Crippen LogP contribution in [0.3, 0.4) is 0 Å². The summed E-state index contributed by atoms with van der Waals surface area (Å²) in [6, 6.07) is 11.1. The molecule has 1 saturated carbocycles. The molecule has 1 N–H and O–H groups in total. The average Bonchev–Trinajstić information content (AvgIpc) is 3.24. The zero-order chi connectivity index (χ0) is 14.1. The van der Waals surface area contributed by atoms with Crippen molar-refractivity contribution in [3.63, 3.8) is 0 Å². The minimum absolute atomic E-state index is 0.274. The van der Waals surface area contributed by atoms with Gasteiger partial charge in [-0.15, -0.1) is 0 Å². The molecule has 1 nitrogen and oxygen atoms in total. The minimum Gasteiger partial charge on any atom is -0.310 e. The van der Waals surface area contributed by atoms with Gasteiger partial charge >= 0.3 is 0 Å². The van der Waals surface area contributed by atoms with E-state index in [1.54, 1.807) is 30.3 Å². The molecule has 1 aliphatic carbocycles. The Morgan fingerprint density at radius 2 is 1.90 bits per heavy atom. The number of halogens is 3. The molecule has 0 heterocycles. The summed E-state index contributed by atoms with van der Waals surface area (Å²) in [4.78, 5) is 0. The summed E-state index contributed by atoms with van der Waals surface area (Å²) in [6.45, 7) is 0.700. The van der Waals surface area contributed by atoms with Crippen molar-refractivity contribution in [2.24, 2.45) is 0 Å². The highest BCUT2D eigenvalue weighted by molar-refractivity contribution is 6.43. The predicted octanol–water partition coefficient (Wildman–Crippen LogP) is 5.05. The van der Waals surface area contributed by atoms with Crippen molar-refractivity contribution in [2.45, 2.75) is 25.4 Å². The third-order valence-corrected chi connectivity index (χ3v) is 4.27. The monoisotopic (exact) mass is 309 g/mol. The van der Waals surface area contributed by atoms with Gasteiger partial charge < -0.3 is 5.32 Å². The van der Waals surface area contributed by atoms with E-state index in [1.165, 1.54) is 12.8 Å². The summed E-state index contributed by atoms with van der Waals surface area (Å²) in [5.74, 6) is -0.274. The Hall–Kier alpha value is -1.09. The van der Waals surface area contributed by atoms with Gasteiger partial charge in [-0.05, 0) is 30.5 Å². The second-order valence-corrected chi connectivity index (χ2v) is 5.86. The van der Waals surface area contributed by atoms with E-state index in [-0.39, 0.29) is 5.82 Å². The Balaban J connectivity index is 1.87. The number of benzene rings is 2. The standard InChI is InChI=1S/C16H14Cl2FN/c17-14-3-1-2-13(16(14)18)12-7-4-10(8-15(12)19)9-20-11-5-6-11/h1-4,7-8,11,20H,5-6,9H2. The van der Waals surface area contributed by atoms with Crippen LogP contribution in [-0.2, 0) is 6.54 Å². The molecule has 104 valence electrons. The normalized spacial score (nSPS) is 14.6. The molecule has 2 aromatic rings. The molecule has 0 saturated heterocycles. The van der Waals surface area contributed by atoms with Crippen molar-refractivity contribution >= 4 is 23.2 Å². The molecule has 0 bridgehead atoms. The van der Waals surface area contributed by atoms with Gasteiger partial charge in [0.15, 0.2) is 0 Å². The van der Waals surface area contributed by atoms with Crippen LogP contribution in [0.2, 0.25) is 10.0 Å². The van der Waals surface area contributed by atoms with Crippen LogP contribution in [0.15, 0.2) is 36.4 Å². The van der Waals surface area contributed by atoms with E-state index in [1.807, 2.05) is 6.07 Å². The van der Waals surface area contributed by atoms with E-state index in [9.17, 15) is 4.39 Å². The molecule has 3 rings (SSSR count). The van der Waals surface area contributed by atoms with Crippen molar-refractivity contribution in [2.75, 3.05) is 0 Å². The van der Waals surface area contributed by atoms with Gasteiger partial charge in [-0.1, -0.05) is 47.5 Å². The maximum Gasteiger partial charge on any atom is 0.131 e. The number of hydrogen-bond donors (Lipinski definition) is 1. The van der Waals surface area contributed by atoms with Crippen LogP contribution >= 0.6 is 23.2 Å². The molecular weight excluding hydrogens is 296 g/mol. The fraction of sp³-hybridized carbons (Fsp3) is 0.250. The fourth-order valence-electron chi connectivity index (χ4n) is 2.15. The van der Waals surface area contributed by atoms with Crippen LogP contribution in [0.4, 0.5) is 4.39 Å². The molecule has 2 aromatic carbocycles. The SMILES string of the molecule is Fc1cc(CNC2CC2)ccc1-c1cccc(Cl)c1Cl. The van der Waals surface area contributed by atoms with E-state index in [0.29, 0.717) is 33.8 Å². The lowest BCUT2D eigenvalue weighted by Crippen LogP contribution is -2.15. The molecule has 0 amide bonds. The quantitative estimate of drug-likeness (QED) is 0.833. The summed E-state index contributed by atoms with van der Waals surface area (Å²) in [7, 11) is 0. The lowest BCUT2D eigenvalue weighted by atomic mass is 10.0. The molecule has 0 radical (unpaired) electrons. The second kappa shape index (κ2) is 5.72. The molecule has 20 heavy (non-hydrogen) atoms. The Labute approximate surface area is 127 Å². The van der Waals surface area contributed by atoms with E-state index in [2.05, 4.69) is 5.32 Å². The van der Waals surface area contributed by atoms with Crippen molar-refractivity contribution in [3.8, 4) is 11.1 Å². The maximum absolute atomic E-state index is 14.3. The molecule has 0 atom stereocenters. The first kappa shape index (κ1) is 13.9. The van der Waals surface area contributed by atoms with Crippen molar-refractivity contribution in [1.29, 1.82) is 0 Å². The van der Waals surface area contributed by atoms with Crippen LogP contribution in [0.25, 0.3) is 11.1 Å². The Morgan fingerprint density at radius 1 is 1.10 bits per heavy atom. The van der Waals surface area contributed by atoms with Gasteiger partial charge in [0.2, 0.25) is 0 Å². The van der Waals surface area contributed by atoms with Gasteiger partial charge in [-0.3, -0.25) is 0 Å². The summed E-state index contributed by atoms with van der Waals surface area (Å²) >= 11 is 12.1. The van der Waals surface area contributed by atoms with Gasteiger partial charge in [0.1, 0.15) is 5.82 Å². The Bertz CT molecular complexity index is 638. The molecule has 0 aliphatic heterocycles. The Morgan fingerprint density at radius 3 is 2.60 bits per heavy atom. The second-order valence-electron chi connectivity index (χ2n) is 5.07. The highest BCUT2D eigenvalue weighted by atomic mass is 35.5. The predicted molar refractivity (Wildman–Crippen MR) is 81.7 cm³/mol. The smallest absolute Gasteiger partial charge is 0.131 e. The highest BCUT2D eigenvalue weighted by Crippen LogP contribution is 2.35. The number of nitrogens with one attached hydrogen (secondary N) is 1. The third kappa shape index (κ3) is 2.98. The molecular formula is C16H14Cl2FN. The molecule has 0 spiro atoms. The summed E-state index contributed by atoms with van der Waals surface area (Å²) in [5.41, 5.74) is 2.04. The van der Waals surface area contributed by atoms with Gasteiger partial charge in [0.25, 0.3) is 0 Å². The first-order valence-electron chi connectivity index (χ1n) is 6.61. The van der Waals surface area contributed by atoms with Gasteiger partial charge in [-0.2, -0.15) is 0 Å². The summed E-state index contributed by atoms with van der Waals surface area (Å²) < 4.78 is 14.3. The van der Waals surface area contributed by atoms with Gasteiger partial charge in [0.05, 0.1) is 10.0 Å². The number of hydrogen-bond acceptors (Lipinski definition) is 1. The minimum atomic E-state index is -0.274. The summed E-state index contributed by atoms with van der Waals surface area (Å²) in [6.07, 6.45) is 2.44. The first-order chi connectivity index (χ1) is 9.65. The Kier molecular flexibility index (Phi) is 3.97.